The first kappa shape index (κ1) is 19.2. The molecule has 2 aromatic carbocycles. The number of thiazole rings is 1. The standard InChI is InChI=1S/C21H16ClN3O3S/c22-14-6-2-1-5-13(14)19(26)23-11-12-24-20(27)16-9-10-17(28-16)21-25-15-7-3-4-8-18(15)29-21/h1-10H,11-12H2,(H,23,26)(H,24,27). The Labute approximate surface area is 175 Å². The number of furan rings is 1. The zero-order valence-electron chi connectivity index (χ0n) is 15.1. The van der Waals surface area contributed by atoms with Gasteiger partial charge in [0.25, 0.3) is 11.8 Å². The number of nitrogens with one attached hydrogen (secondary N) is 2. The second-order valence-corrected chi connectivity index (χ2v) is 7.58. The lowest BCUT2D eigenvalue weighted by Crippen LogP contribution is -2.34. The summed E-state index contributed by atoms with van der Waals surface area (Å²) in [5.41, 5.74) is 1.29. The van der Waals surface area contributed by atoms with Crippen molar-refractivity contribution in [2.24, 2.45) is 0 Å². The van der Waals surface area contributed by atoms with Crippen LogP contribution in [-0.2, 0) is 0 Å². The molecule has 2 aromatic heterocycles. The van der Waals surface area contributed by atoms with Crippen LogP contribution in [0.5, 0.6) is 0 Å². The molecule has 0 bridgehead atoms. The summed E-state index contributed by atoms with van der Waals surface area (Å²) in [5.74, 6) is 0.0883. The number of carbonyl (C=O) groups excluding carboxylic acids is 2. The topological polar surface area (TPSA) is 84.2 Å². The fraction of sp³-hybridized carbons (Fsp3) is 0.0952. The Balaban J connectivity index is 1.31. The number of rotatable bonds is 6. The SMILES string of the molecule is O=C(NCCNC(=O)c1ccccc1Cl)c1ccc(-c2nc3ccccc3s2)o1. The smallest absolute Gasteiger partial charge is 0.287 e. The molecule has 2 N–H and O–H groups in total. The molecular weight excluding hydrogens is 410 g/mol. The van der Waals surface area contributed by atoms with Gasteiger partial charge in [-0.05, 0) is 36.4 Å². The van der Waals surface area contributed by atoms with Crippen molar-refractivity contribution >= 4 is 45.0 Å². The van der Waals surface area contributed by atoms with Crippen LogP contribution >= 0.6 is 22.9 Å². The molecule has 0 atom stereocenters. The lowest BCUT2D eigenvalue weighted by atomic mass is 10.2. The van der Waals surface area contributed by atoms with E-state index in [1.54, 1.807) is 36.4 Å². The Morgan fingerprint density at radius 1 is 0.931 bits per heavy atom. The van der Waals surface area contributed by atoms with Crippen LogP contribution in [0.25, 0.3) is 21.0 Å². The van der Waals surface area contributed by atoms with E-state index in [0.717, 1.165) is 15.2 Å². The number of hydrogen-bond donors (Lipinski definition) is 2. The lowest BCUT2D eigenvalue weighted by Gasteiger charge is -2.07. The third-order valence-corrected chi connectivity index (χ3v) is 5.53. The van der Waals surface area contributed by atoms with Crippen LogP contribution in [0.3, 0.4) is 0 Å². The van der Waals surface area contributed by atoms with Crippen molar-refractivity contribution in [1.29, 1.82) is 0 Å². The summed E-state index contributed by atoms with van der Waals surface area (Å²) in [6.07, 6.45) is 0. The average molecular weight is 426 g/mol. The van der Waals surface area contributed by atoms with Crippen LogP contribution in [-0.4, -0.2) is 29.9 Å². The summed E-state index contributed by atoms with van der Waals surface area (Å²) in [6.45, 7) is 0.521. The highest BCUT2D eigenvalue weighted by Crippen LogP contribution is 2.31. The van der Waals surface area contributed by atoms with E-state index >= 15 is 0 Å². The molecule has 6 nitrogen and oxygen atoms in total. The number of carbonyl (C=O) groups is 2. The first-order valence-corrected chi connectivity index (χ1v) is 10.1. The molecule has 0 saturated carbocycles. The molecule has 0 spiro atoms. The maximum Gasteiger partial charge on any atom is 0.287 e. The zero-order valence-corrected chi connectivity index (χ0v) is 16.7. The molecule has 2 heterocycles. The van der Waals surface area contributed by atoms with Gasteiger partial charge < -0.3 is 15.1 Å². The van der Waals surface area contributed by atoms with Gasteiger partial charge in [-0.3, -0.25) is 9.59 Å². The fourth-order valence-corrected chi connectivity index (χ4v) is 3.88. The third kappa shape index (κ3) is 4.31. The largest absolute Gasteiger partial charge is 0.448 e. The molecular formula is C21H16ClN3O3S. The highest BCUT2D eigenvalue weighted by Gasteiger charge is 2.15. The van der Waals surface area contributed by atoms with Crippen molar-refractivity contribution in [2.45, 2.75) is 0 Å². The minimum atomic E-state index is -0.357. The molecule has 0 fully saturated rings. The molecule has 4 rings (SSSR count). The Bertz CT molecular complexity index is 1150. The molecule has 0 aliphatic carbocycles. The van der Waals surface area contributed by atoms with E-state index < -0.39 is 0 Å². The third-order valence-electron chi connectivity index (χ3n) is 4.15. The van der Waals surface area contributed by atoms with Gasteiger partial charge in [0.15, 0.2) is 16.5 Å². The lowest BCUT2D eigenvalue weighted by molar-refractivity contribution is 0.0911. The Morgan fingerprint density at radius 3 is 2.45 bits per heavy atom. The van der Waals surface area contributed by atoms with E-state index in [1.165, 1.54) is 11.3 Å². The fourth-order valence-electron chi connectivity index (χ4n) is 2.73. The van der Waals surface area contributed by atoms with E-state index in [9.17, 15) is 9.59 Å². The second-order valence-electron chi connectivity index (χ2n) is 6.14. The number of amides is 2. The van der Waals surface area contributed by atoms with E-state index in [4.69, 9.17) is 16.0 Å². The van der Waals surface area contributed by atoms with Gasteiger partial charge in [0.05, 0.1) is 20.8 Å². The Morgan fingerprint density at radius 2 is 1.66 bits per heavy atom. The van der Waals surface area contributed by atoms with E-state index in [-0.39, 0.29) is 30.7 Å². The maximum atomic E-state index is 12.3. The van der Waals surface area contributed by atoms with Crippen LogP contribution in [0.2, 0.25) is 5.02 Å². The monoisotopic (exact) mass is 425 g/mol. The first-order valence-electron chi connectivity index (χ1n) is 8.88. The quantitative estimate of drug-likeness (QED) is 0.449. The summed E-state index contributed by atoms with van der Waals surface area (Å²) < 4.78 is 6.71. The summed E-state index contributed by atoms with van der Waals surface area (Å²) in [7, 11) is 0. The van der Waals surface area contributed by atoms with Crippen molar-refractivity contribution in [3.63, 3.8) is 0 Å². The van der Waals surface area contributed by atoms with Gasteiger partial charge in [-0.15, -0.1) is 11.3 Å². The van der Waals surface area contributed by atoms with Crippen molar-refractivity contribution in [3.05, 3.63) is 77.0 Å². The Kier molecular flexibility index (Phi) is 5.59. The van der Waals surface area contributed by atoms with Gasteiger partial charge in [0.2, 0.25) is 0 Å². The summed E-state index contributed by atoms with van der Waals surface area (Å²) in [6, 6.07) is 17.9. The predicted molar refractivity (Wildman–Crippen MR) is 113 cm³/mol. The molecule has 8 heteroatoms. The molecule has 0 aliphatic heterocycles. The summed E-state index contributed by atoms with van der Waals surface area (Å²) in [4.78, 5) is 28.9. The number of nitrogens with zero attached hydrogens (tertiary/aromatic N) is 1. The molecule has 0 unspecified atom stereocenters. The number of hydrogen-bond acceptors (Lipinski definition) is 5. The summed E-state index contributed by atoms with van der Waals surface area (Å²) in [5, 5.41) is 6.53. The minimum Gasteiger partial charge on any atom is -0.448 e. The number of fused-ring (bicyclic) bond motifs is 1. The van der Waals surface area contributed by atoms with Crippen LogP contribution in [0.4, 0.5) is 0 Å². The highest BCUT2D eigenvalue weighted by molar-refractivity contribution is 7.21. The first-order chi connectivity index (χ1) is 14.1. The highest BCUT2D eigenvalue weighted by atomic mass is 35.5. The van der Waals surface area contributed by atoms with Crippen molar-refractivity contribution in [2.75, 3.05) is 13.1 Å². The average Bonchev–Trinajstić information content (AvgIpc) is 3.38. The zero-order chi connectivity index (χ0) is 20.2. The molecule has 4 aromatic rings. The van der Waals surface area contributed by atoms with Crippen LogP contribution < -0.4 is 10.6 Å². The number of aromatic nitrogens is 1. The van der Waals surface area contributed by atoms with Gasteiger partial charge in [-0.1, -0.05) is 35.9 Å². The maximum absolute atomic E-state index is 12.3. The molecule has 0 radical (unpaired) electrons. The molecule has 0 saturated heterocycles. The van der Waals surface area contributed by atoms with Crippen LogP contribution in [0.15, 0.2) is 65.1 Å². The molecule has 29 heavy (non-hydrogen) atoms. The van der Waals surface area contributed by atoms with Gasteiger partial charge in [0.1, 0.15) is 0 Å². The van der Waals surface area contributed by atoms with Crippen LogP contribution in [0, 0.1) is 0 Å². The molecule has 2 amide bonds. The van der Waals surface area contributed by atoms with Crippen molar-refractivity contribution < 1.29 is 14.0 Å². The van der Waals surface area contributed by atoms with Crippen LogP contribution in [0.1, 0.15) is 20.9 Å². The molecule has 0 aliphatic rings. The number of para-hydroxylation sites is 1. The van der Waals surface area contributed by atoms with Crippen molar-refractivity contribution in [3.8, 4) is 10.8 Å². The Hall–Kier alpha value is -3.16. The van der Waals surface area contributed by atoms with Gasteiger partial charge >= 0.3 is 0 Å². The van der Waals surface area contributed by atoms with E-state index in [1.807, 2.05) is 24.3 Å². The molecule has 146 valence electrons. The van der Waals surface area contributed by atoms with Gasteiger partial charge in [0, 0.05) is 13.1 Å². The van der Waals surface area contributed by atoms with E-state index in [2.05, 4.69) is 15.6 Å². The second kappa shape index (κ2) is 8.46. The van der Waals surface area contributed by atoms with Gasteiger partial charge in [-0.25, -0.2) is 4.98 Å². The van der Waals surface area contributed by atoms with E-state index in [0.29, 0.717) is 16.3 Å². The normalized spacial score (nSPS) is 10.8. The number of benzene rings is 2. The van der Waals surface area contributed by atoms with Gasteiger partial charge in [-0.2, -0.15) is 0 Å². The summed E-state index contributed by atoms with van der Waals surface area (Å²) >= 11 is 7.50. The minimum absolute atomic E-state index is 0.191. The number of halogens is 1. The van der Waals surface area contributed by atoms with Crippen molar-refractivity contribution in [1.82, 2.24) is 15.6 Å². The predicted octanol–water partition coefficient (Wildman–Crippen LogP) is 4.37.